The fraction of sp³-hybridized carbons (Fsp3) is 0.400. The largest absolute Gasteiger partial charge is 0.492 e. The number of hydrogen-bond acceptors (Lipinski definition) is 3. The monoisotopic (exact) mass is 337 g/mol. The van der Waals surface area contributed by atoms with Gasteiger partial charge in [-0.15, -0.1) is 0 Å². The van der Waals surface area contributed by atoms with Crippen molar-refractivity contribution in [2.45, 2.75) is 26.9 Å². The van der Waals surface area contributed by atoms with E-state index in [2.05, 4.69) is 33.3 Å². The molecule has 0 radical (unpaired) electrons. The molecule has 0 unspecified atom stereocenters. The summed E-state index contributed by atoms with van der Waals surface area (Å²) in [5, 5.41) is 7.86. The molecule has 0 aliphatic heterocycles. The molecule has 0 spiro atoms. The van der Waals surface area contributed by atoms with Crippen LogP contribution in [0.25, 0.3) is 0 Å². The Kier molecular flexibility index (Phi) is 5.61. The molecule has 1 aromatic carbocycles. The summed E-state index contributed by atoms with van der Waals surface area (Å²) in [5.41, 5.74) is 2.22. The van der Waals surface area contributed by atoms with Gasteiger partial charge in [0, 0.05) is 19.6 Å². The lowest BCUT2D eigenvalue weighted by atomic mass is 10.3. The van der Waals surface area contributed by atoms with E-state index < -0.39 is 0 Å². The van der Waals surface area contributed by atoms with Gasteiger partial charge in [0.1, 0.15) is 12.4 Å². The van der Waals surface area contributed by atoms with Gasteiger partial charge in [-0.05, 0) is 41.9 Å². The molecule has 4 nitrogen and oxygen atoms in total. The summed E-state index contributed by atoms with van der Waals surface area (Å²) in [7, 11) is 0. The van der Waals surface area contributed by atoms with Crippen LogP contribution < -0.4 is 10.1 Å². The quantitative estimate of drug-likeness (QED) is 0.789. The lowest BCUT2D eigenvalue weighted by molar-refractivity contribution is 0.312. The molecular weight excluding hydrogens is 318 g/mol. The minimum atomic E-state index is 0.654. The summed E-state index contributed by atoms with van der Waals surface area (Å²) in [4.78, 5) is 0. The lowest BCUT2D eigenvalue weighted by Crippen LogP contribution is -2.22. The van der Waals surface area contributed by atoms with E-state index in [0.717, 1.165) is 35.6 Å². The number of halogens is 1. The molecule has 2 rings (SSSR count). The zero-order valence-electron chi connectivity index (χ0n) is 11.9. The average molecular weight is 338 g/mol. The first-order valence-corrected chi connectivity index (χ1v) is 7.62. The van der Waals surface area contributed by atoms with Crippen LogP contribution in [0.15, 0.2) is 34.8 Å². The fourth-order valence-corrected chi connectivity index (χ4v) is 2.43. The smallest absolute Gasteiger partial charge is 0.119 e. The minimum absolute atomic E-state index is 0.654. The fourth-order valence-electron chi connectivity index (χ4n) is 2.00. The van der Waals surface area contributed by atoms with Crippen molar-refractivity contribution in [1.29, 1.82) is 0 Å². The zero-order valence-corrected chi connectivity index (χ0v) is 13.5. The van der Waals surface area contributed by atoms with E-state index in [1.54, 1.807) is 0 Å². The molecule has 0 aliphatic rings. The molecule has 0 saturated heterocycles. The summed E-state index contributed by atoms with van der Waals surface area (Å²) in [6.45, 7) is 7.23. The van der Waals surface area contributed by atoms with Crippen molar-refractivity contribution < 1.29 is 4.74 Å². The Morgan fingerprint density at radius 3 is 2.75 bits per heavy atom. The molecule has 0 fully saturated rings. The van der Waals surface area contributed by atoms with E-state index >= 15 is 0 Å². The van der Waals surface area contributed by atoms with Gasteiger partial charge in [-0.2, -0.15) is 5.10 Å². The second-order valence-corrected chi connectivity index (χ2v) is 5.29. The summed E-state index contributed by atoms with van der Waals surface area (Å²) in [6.07, 6.45) is 0. The van der Waals surface area contributed by atoms with Crippen molar-refractivity contribution in [3.05, 3.63) is 46.2 Å². The SMILES string of the molecule is CCn1nc(C)c(Br)c1CNCCOc1ccccc1. The third kappa shape index (κ3) is 3.84. The molecule has 5 heteroatoms. The highest BCUT2D eigenvalue weighted by Crippen LogP contribution is 2.20. The maximum absolute atomic E-state index is 5.64. The summed E-state index contributed by atoms with van der Waals surface area (Å²) < 4.78 is 8.75. The molecule has 1 N–H and O–H groups in total. The van der Waals surface area contributed by atoms with Crippen LogP contribution >= 0.6 is 15.9 Å². The van der Waals surface area contributed by atoms with Gasteiger partial charge in [0.25, 0.3) is 0 Å². The Balaban J connectivity index is 1.76. The zero-order chi connectivity index (χ0) is 14.4. The second-order valence-electron chi connectivity index (χ2n) is 4.50. The first-order chi connectivity index (χ1) is 9.72. The number of aryl methyl sites for hydroxylation is 2. The third-order valence-corrected chi connectivity index (χ3v) is 4.07. The molecule has 1 heterocycles. The highest BCUT2D eigenvalue weighted by Gasteiger charge is 2.10. The maximum atomic E-state index is 5.64. The van der Waals surface area contributed by atoms with Crippen molar-refractivity contribution in [1.82, 2.24) is 15.1 Å². The van der Waals surface area contributed by atoms with Gasteiger partial charge in [0.05, 0.1) is 15.9 Å². The molecule has 2 aromatic rings. The second kappa shape index (κ2) is 7.45. The van der Waals surface area contributed by atoms with Crippen LogP contribution in [0.1, 0.15) is 18.3 Å². The molecule has 0 amide bonds. The Morgan fingerprint density at radius 1 is 1.30 bits per heavy atom. The minimum Gasteiger partial charge on any atom is -0.492 e. The van der Waals surface area contributed by atoms with Crippen LogP contribution in [0.3, 0.4) is 0 Å². The van der Waals surface area contributed by atoms with Crippen molar-refractivity contribution in [3.8, 4) is 5.75 Å². The average Bonchev–Trinajstić information content (AvgIpc) is 2.75. The van der Waals surface area contributed by atoms with Crippen molar-refractivity contribution in [2.75, 3.05) is 13.2 Å². The molecule has 20 heavy (non-hydrogen) atoms. The molecule has 1 aromatic heterocycles. The van der Waals surface area contributed by atoms with Gasteiger partial charge in [0.15, 0.2) is 0 Å². The third-order valence-electron chi connectivity index (χ3n) is 3.04. The van der Waals surface area contributed by atoms with Gasteiger partial charge < -0.3 is 10.1 Å². The van der Waals surface area contributed by atoms with E-state index in [-0.39, 0.29) is 0 Å². The number of para-hydroxylation sites is 1. The number of benzene rings is 1. The van der Waals surface area contributed by atoms with E-state index in [1.807, 2.05) is 41.9 Å². The maximum Gasteiger partial charge on any atom is 0.119 e. The van der Waals surface area contributed by atoms with E-state index in [9.17, 15) is 0 Å². The molecule has 0 saturated carbocycles. The topological polar surface area (TPSA) is 39.1 Å². The highest BCUT2D eigenvalue weighted by atomic mass is 79.9. The summed E-state index contributed by atoms with van der Waals surface area (Å²) >= 11 is 3.59. The predicted molar refractivity (Wildman–Crippen MR) is 84.0 cm³/mol. The molecule has 0 bridgehead atoms. The Labute approximate surface area is 128 Å². The van der Waals surface area contributed by atoms with E-state index in [0.29, 0.717) is 6.61 Å². The lowest BCUT2D eigenvalue weighted by Gasteiger charge is -2.09. The molecule has 108 valence electrons. The van der Waals surface area contributed by atoms with Crippen molar-refractivity contribution in [2.24, 2.45) is 0 Å². The van der Waals surface area contributed by atoms with Crippen molar-refractivity contribution >= 4 is 15.9 Å². The summed E-state index contributed by atoms with van der Waals surface area (Å²) in [5.74, 6) is 0.907. The number of ether oxygens (including phenoxy) is 1. The number of nitrogens with zero attached hydrogens (tertiary/aromatic N) is 2. The van der Waals surface area contributed by atoms with Crippen LogP contribution in [0.2, 0.25) is 0 Å². The van der Waals surface area contributed by atoms with Crippen LogP contribution in [-0.2, 0) is 13.1 Å². The van der Waals surface area contributed by atoms with Gasteiger partial charge in [-0.1, -0.05) is 18.2 Å². The molecule has 0 atom stereocenters. The summed E-state index contributed by atoms with van der Waals surface area (Å²) in [6, 6.07) is 9.86. The number of hydrogen-bond donors (Lipinski definition) is 1. The van der Waals surface area contributed by atoms with Crippen LogP contribution in [0.5, 0.6) is 5.75 Å². The van der Waals surface area contributed by atoms with Gasteiger partial charge >= 0.3 is 0 Å². The van der Waals surface area contributed by atoms with Gasteiger partial charge in [0.2, 0.25) is 0 Å². The first-order valence-electron chi connectivity index (χ1n) is 6.82. The first kappa shape index (κ1) is 15.1. The number of rotatable bonds is 7. The van der Waals surface area contributed by atoms with E-state index in [1.165, 1.54) is 5.69 Å². The molecular formula is C15H20BrN3O. The molecule has 0 aliphatic carbocycles. The van der Waals surface area contributed by atoms with Crippen LogP contribution in [-0.4, -0.2) is 22.9 Å². The van der Waals surface area contributed by atoms with Crippen LogP contribution in [0.4, 0.5) is 0 Å². The highest BCUT2D eigenvalue weighted by molar-refractivity contribution is 9.10. The van der Waals surface area contributed by atoms with Crippen LogP contribution in [0, 0.1) is 6.92 Å². The van der Waals surface area contributed by atoms with Crippen molar-refractivity contribution in [3.63, 3.8) is 0 Å². The van der Waals surface area contributed by atoms with Gasteiger partial charge in [-0.25, -0.2) is 0 Å². The normalized spacial score (nSPS) is 10.8. The Hall–Kier alpha value is -1.33. The Morgan fingerprint density at radius 2 is 2.05 bits per heavy atom. The Bertz CT molecular complexity index is 540. The number of nitrogens with one attached hydrogen (secondary N) is 1. The van der Waals surface area contributed by atoms with Gasteiger partial charge in [-0.3, -0.25) is 4.68 Å². The number of aromatic nitrogens is 2. The predicted octanol–water partition coefficient (Wildman–Crippen LogP) is 3.14. The van der Waals surface area contributed by atoms with E-state index in [4.69, 9.17) is 4.74 Å². The standard InChI is InChI=1S/C15H20BrN3O/c1-3-19-14(15(16)12(2)18-19)11-17-9-10-20-13-7-5-4-6-8-13/h4-8,17H,3,9-11H2,1-2H3.